The van der Waals surface area contributed by atoms with Gasteiger partial charge in [-0.15, -0.1) is 0 Å². The van der Waals surface area contributed by atoms with E-state index in [4.69, 9.17) is 23.7 Å². The Kier molecular flexibility index (Phi) is 9.19. The standard InChI is InChI=1S/C18H16N8O2/c1-17(11-21,7-5-14(27)13(9-19)10-20)25-26-18(2,12-22)8-6-15(28)16(23-3)24-4/h13,16H,5-8H2,1-2H3. The molecule has 0 aliphatic carbocycles. The normalized spacial score (nSPS) is 14.4. The van der Waals surface area contributed by atoms with E-state index in [0.29, 0.717) is 0 Å². The molecule has 0 aromatic carbocycles. The van der Waals surface area contributed by atoms with Gasteiger partial charge in [-0.05, 0) is 26.7 Å². The van der Waals surface area contributed by atoms with E-state index in [9.17, 15) is 20.1 Å². The molecule has 0 amide bonds. The van der Waals surface area contributed by atoms with Crippen molar-refractivity contribution >= 4 is 11.6 Å². The van der Waals surface area contributed by atoms with Gasteiger partial charge in [0, 0.05) is 12.8 Å². The van der Waals surface area contributed by atoms with Gasteiger partial charge in [-0.1, -0.05) is 0 Å². The smallest absolute Gasteiger partial charge is 0.297 e. The van der Waals surface area contributed by atoms with Crippen LogP contribution < -0.4 is 0 Å². The van der Waals surface area contributed by atoms with Crippen LogP contribution in [0.25, 0.3) is 9.69 Å². The van der Waals surface area contributed by atoms with Crippen molar-refractivity contribution in [1.29, 1.82) is 21.0 Å². The van der Waals surface area contributed by atoms with E-state index in [1.54, 1.807) is 12.1 Å². The van der Waals surface area contributed by atoms with E-state index < -0.39 is 34.7 Å². The predicted molar refractivity (Wildman–Crippen MR) is 93.1 cm³/mol. The maximum absolute atomic E-state index is 11.8. The zero-order valence-corrected chi connectivity index (χ0v) is 15.4. The highest BCUT2D eigenvalue weighted by molar-refractivity contribution is 5.87. The molecule has 140 valence electrons. The van der Waals surface area contributed by atoms with Crippen LogP contribution in [0.2, 0.25) is 0 Å². The van der Waals surface area contributed by atoms with Crippen molar-refractivity contribution in [2.24, 2.45) is 16.1 Å². The molecule has 0 heterocycles. The third-order valence-corrected chi connectivity index (χ3v) is 3.80. The van der Waals surface area contributed by atoms with Crippen molar-refractivity contribution in [2.45, 2.75) is 56.8 Å². The van der Waals surface area contributed by atoms with Crippen LogP contribution in [-0.4, -0.2) is 28.8 Å². The number of carbonyl (C=O) groups excluding carboxylic acids is 2. The number of ketones is 2. The van der Waals surface area contributed by atoms with Gasteiger partial charge < -0.3 is 0 Å². The van der Waals surface area contributed by atoms with Crippen LogP contribution in [-0.2, 0) is 9.59 Å². The van der Waals surface area contributed by atoms with Crippen molar-refractivity contribution < 1.29 is 9.59 Å². The molecule has 0 bridgehead atoms. The van der Waals surface area contributed by atoms with E-state index in [2.05, 4.69) is 19.9 Å². The molecular weight excluding hydrogens is 360 g/mol. The summed E-state index contributed by atoms with van der Waals surface area (Å²) in [6.45, 7) is 16.3. The van der Waals surface area contributed by atoms with E-state index in [1.807, 2.05) is 12.1 Å². The topological polar surface area (TPSA) is 163 Å². The zero-order valence-electron chi connectivity index (χ0n) is 15.4. The second kappa shape index (κ2) is 10.8. The molecule has 0 aliphatic heterocycles. The minimum atomic E-state index is -1.47. The first-order chi connectivity index (χ1) is 13.1. The lowest BCUT2D eigenvalue weighted by Gasteiger charge is -2.19. The number of Topliss-reactive ketones (excluding diaryl/α,β-unsaturated/α-hetero) is 2. The van der Waals surface area contributed by atoms with Crippen LogP contribution in [0.15, 0.2) is 10.2 Å². The van der Waals surface area contributed by atoms with Crippen molar-refractivity contribution in [1.82, 2.24) is 0 Å². The van der Waals surface area contributed by atoms with Crippen LogP contribution >= 0.6 is 0 Å². The first-order valence-corrected chi connectivity index (χ1v) is 7.98. The maximum atomic E-state index is 11.8. The summed E-state index contributed by atoms with van der Waals surface area (Å²) in [4.78, 5) is 29.3. The van der Waals surface area contributed by atoms with Gasteiger partial charge >= 0.3 is 11.9 Å². The Morgan fingerprint density at radius 1 is 0.893 bits per heavy atom. The molecule has 0 aliphatic rings. The Labute approximate surface area is 162 Å². The highest BCUT2D eigenvalue weighted by Crippen LogP contribution is 2.24. The fraction of sp³-hybridized carbons (Fsp3) is 0.556. The highest BCUT2D eigenvalue weighted by atomic mass is 16.1. The summed E-state index contributed by atoms with van der Waals surface area (Å²) in [6, 6.07) is 6.85. The van der Waals surface area contributed by atoms with Crippen molar-refractivity contribution in [2.75, 3.05) is 0 Å². The lowest BCUT2D eigenvalue weighted by atomic mass is 9.93. The first kappa shape index (κ1) is 23.9. The molecule has 2 atom stereocenters. The van der Waals surface area contributed by atoms with Crippen LogP contribution in [0.3, 0.4) is 0 Å². The van der Waals surface area contributed by atoms with Gasteiger partial charge in [-0.25, -0.2) is 22.8 Å². The van der Waals surface area contributed by atoms with Gasteiger partial charge in [0.25, 0.3) is 0 Å². The zero-order chi connectivity index (χ0) is 21.8. The van der Waals surface area contributed by atoms with Gasteiger partial charge in [0.1, 0.15) is 0 Å². The molecule has 0 aromatic heterocycles. The number of nitriles is 4. The molecule has 0 saturated carbocycles. The van der Waals surface area contributed by atoms with E-state index >= 15 is 0 Å². The fourth-order valence-electron chi connectivity index (χ4n) is 1.83. The number of hydrogen-bond donors (Lipinski definition) is 0. The molecule has 10 heteroatoms. The molecular formula is C18H16N8O2. The van der Waals surface area contributed by atoms with E-state index in [-0.39, 0.29) is 25.7 Å². The van der Waals surface area contributed by atoms with Gasteiger partial charge in [0.05, 0.1) is 24.3 Å². The van der Waals surface area contributed by atoms with Gasteiger partial charge in [-0.2, -0.15) is 31.3 Å². The summed E-state index contributed by atoms with van der Waals surface area (Å²) in [5.74, 6) is -2.69. The lowest BCUT2D eigenvalue weighted by molar-refractivity contribution is -0.120. The molecule has 0 spiro atoms. The maximum Gasteiger partial charge on any atom is 0.535 e. The fourth-order valence-corrected chi connectivity index (χ4v) is 1.83. The summed E-state index contributed by atoms with van der Waals surface area (Å²) in [7, 11) is 0. The molecule has 2 unspecified atom stereocenters. The molecule has 10 nitrogen and oxygen atoms in total. The Morgan fingerprint density at radius 3 is 1.61 bits per heavy atom. The number of hydrogen-bond acceptors (Lipinski definition) is 8. The van der Waals surface area contributed by atoms with Crippen LogP contribution in [0.5, 0.6) is 0 Å². The van der Waals surface area contributed by atoms with Crippen molar-refractivity contribution in [3.63, 3.8) is 0 Å². The third-order valence-electron chi connectivity index (χ3n) is 3.80. The summed E-state index contributed by atoms with van der Waals surface area (Å²) in [5, 5.41) is 43.8. The highest BCUT2D eigenvalue weighted by Gasteiger charge is 2.34. The molecule has 28 heavy (non-hydrogen) atoms. The third kappa shape index (κ3) is 7.01. The SMILES string of the molecule is [C-]#[N+]C([N+]#[C-])C(=O)CCC(C)(C#N)N=NC(C)(C#N)CCC(=O)C(C#N)C#N. The summed E-state index contributed by atoms with van der Waals surface area (Å²) in [6.07, 6.45) is -2.13. The minimum Gasteiger partial charge on any atom is -0.297 e. The lowest BCUT2D eigenvalue weighted by Crippen LogP contribution is -2.26. The molecule has 0 rings (SSSR count). The number of azo groups is 1. The Bertz CT molecular complexity index is 797. The Morgan fingerprint density at radius 2 is 1.29 bits per heavy atom. The second-order valence-corrected chi connectivity index (χ2v) is 6.23. The quantitative estimate of drug-likeness (QED) is 0.420. The average Bonchev–Trinajstić information content (AvgIpc) is 2.71. The molecule has 0 radical (unpaired) electrons. The van der Waals surface area contributed by atoms with Gasteiger partial charge in [0.2, 0.25) is 0 Å². The summed E-state index contributed by atoms with van der Waals surface area (Å²) in [5.41, 5.74) is -2.93. The predicted octanol–water partition coefficient (Wildman–Crippen LogP) is 2.53. The van der Waals surface area contributed by atoms with Crippen molar-refractivity contribution in [3.05, 3.63) is 22.8 Å². The van der Waals surface area contributed by atoms with E-state index in [0.717, 1.165) is 0 Å². The molecule has 0 fully saturated rings. The molecule has 0 N–H and O–H groups in total. The van der Waals surface area contributed by atoms with E-state index in [1.165, 1.54) is 13.8 Å². The van der Waals surface area contributed by atoms with Gasteiger partial charge in [-0.3, -0.25) is 9.59 Å². The number of carbonyl (C=O) groups is 2. The van der Waals surface area contributed by atoms with Crippen LogP contribution in [0.1, 0.15) is 39.5 Å². The van der Waals surface area contributed by atoms with Crippen LogP contribution in [0, 0.1) is 64.4 Å². The second-order valence-electron chi connectivity index (χ2n) is 6.23. The van der Waals surface area contributed by atoms with Crippen molar-refractivity contribution in [3.8, 4) is 24.3 Å². The summed E-state index contributed by atoms with van der Waals surface area (Å²) >= 11 is 0. The minimum absolute atomic E-state index is 0.0985. The number of rotatable bonds is 10. The Hall–Kier alpha value is -4.12. The van der Waals surface area contributed by atoms with Gasteiger partial charge in [0.15, 0.2) is 22.8 Å². The average molecular weight is 376 g/mol. The first-order valence-electron chi connectivity index (χ1n) is 7.98. The summed E-state index contributed by atoms with van der Waals surface area (Å²) < 4.78 is 0. The number of nitrogens with zero attached hydrogens (tertiary/aromatic N) is 8. The largest absolute Gasteiger partial charge is 0.535 e. The van der Waals surface area contributed by atoms with Crippen LogP contribution in [0.4, 0.5) is 0 Å². The Balaban J connectivity index is 5.19. The monoisotopic (exact) mass is 376 g/mol. The molecule has 0 aromatic rings. The molecule has 0 saturated heterocycles.